The number of likely N-dealkylation sites (tertiary alicyclic amines) is 1. The predicted octanol–water partition coefficient (Wildman–Crippen LogP) is 1.60. The monoisotopic (exact) mass is 275 g/mol. The van der Waals surface area contributed by atoms with Gasteiger partial charge in [-0.15, -0.1) is 0 Å². The van der Waals surface area contributed by atoms with Gasteiger partial charge >= 0.3 is 5.97 Å². The van der Waals surface area contributed by atoms with Gasteiger partial charge in [-0.2, -0.15) is 0 Å². The van der Waals surface area contributed by atoms with Crippen LogP contribution < -0.4 is 0 Å². The molecule has 0 aliphatic carbocycles. The SMILES string of the molecule is CC1CC(=O)N(Cc2ccc(CC(=O)O)cc2)C(=O)C1. The van der Waals surface area contributed by atoms with Crippen LogP contribution in [0.5, 0.6) is 0 Å². The second kappa shape index (κ2) is 5.86. The van der Waals surface area contributed by atoms with Crippen molar-refractivity contribution in [3.8, 4) is 0 Å². The molecule has 1 heterocycles. The zero-order valence-electron chi connectivity index (χ0n) is 11.3. The van der Waals surface area contributed by atoms with Crippen molar-refractivity contribution in [3.63, 3.8) is 0 Å². The zero-order chi connectivity index (χ0) is 14.7. The van der Waals surface area contributed by atoms with Crippen LogP contribution in [0.1, 0.15) is 30.9 Å². The number of rotatable bonds is 4. The zero-order valence-corrected chi connectivity index (χ0v) is 11.3. The lowest BCUT2D eigenvalue weighted by molar-refractivity contribution is -0.150. The average molecular weight is 275 g/mol. The second-order valence-corrected chi connectivity index (χ2v) is 5.27. The molecule has 2 amide bonds. The maximum Gasteiger partial charge on any atom is 0.307 e. The molecule has 1 saturated heterocycles. The molecule has 0 bridgehead atoms. The molecule has 1 aromatic rings. The molecule has 0 radical (unpaired) electrons. The molecule has 0 spiro atoms. The molecular formula is C15H17NO4. The van der Waals surface area contributed by atoms with Gasteiger partial charge in [-0.3, -0.25) is 19.3 Å². The predicted molar refractivity (Wildman–Crippen MR) is 71.7 cm³/mol. The fraction of sp³-hybridized carbons (Fsp3) is 0.400. The Balaban J connectivity index is 2.04. The number of carboxylic acid groups (broad SMARTS) is 1. The molecule has 106 valence electrons. The minimum atomic E-state index is -0.881. The molecule has 0 atom stereocenters. The number of imide groups is 1. The summed E-state index contributed by atoms with van der Waals surface area (Å²) in [5.41, 5.74) is 1.53. The third-order valence-electron chi connectivity index (χ3n) is 3.37. The third-order valence-corrected chi connectivity index (χ3v) is 3.37. The van der Waals surface area contributed by atoms with E-state index in [1.807, 2.05) is 6.92 Å². The molecule has 5 heteroatoms. The number of aliphatic carboxylic acids is 1. The highest BCUT2D eigenvalue weighted by Crippen LogP contribution is 2.21. The number of carboxylic acids is 1. The first-order valence-corrected chi connectivity index (χ1v) is 6.58. The Morgan fingerprint density at radius 3 is 2.15 bits per heavy atom. The van der Waals surface area contributed by atoms with Gasteiger partial charge in [0.25, 0.3) is 0 Å². The lowest BCUT2D eigenvalue weighted by Gasteiger charge is -2.28. The molecule has 1 aliphatic heterocycles. The van der Waals surface area contributed by atoms with Gasteiger partial charge in [0.05, 0.1) is 13.0 Å². The average Bonchev–Trinajstić information content (AvgIpc) is 2.35. The molecule has 2 rings (SSSR count). The van der Waals surface area contributed by atoms with Gasteiger partial charge < -0.3 is 5.11 Å². The Labute approximate surface area is 117 Å². The maximum atomic E-state index is 11.9. The van der Waals surface area contributed by atoms with Crippen molar-refractivity contribution in [2.45, 2.75) is 32.7 Å². The van der Waals surface area contributed by atoms with E-state index in [2.05, 4.69) is 0 Å². The number of hydrogen-bond acceptors (Lipinski definition) is 3. The largest absolute Gasteiger partial charge is 0.481 e. The molecule has 0 unspecified atom stereocenters. The van der Waals surface area contributed by atoms with E-state index in [1.54, 1.807) is 24.3 Å². The summed E-state index contributed by atoms with van der Waals surface area (Å²) in [4.78, 5) is 35.6. The minimum absolute atomic E-state index is 0.0284. The van der Waals surface area contributed by atoms with E-state index in [1.165, 1.54) is 4.90 Å². The number of benzene rings is 1. The van der Waals surface area contributed by atoms with Crippen molar-refractivity contribution < 1.29 is 19.5 Å². The van der Waals surface area contributed by atoms with Gasteiger partial charge in [0.1, 0.15) is 0 Å². The smallest absolute Gasteiger partial charge is 0.307 e. The summed E-state index contributed by atoms with van der Waals surface area (Å²) in [6, 6.07) is 6.95. The second-order valence-electron chi connectivity index (χ2n) is 5.27. The van der Waals surface area contributed by atoms with E-state index < -0.39 is 5.97 Å². The number of carbonyl (C=O) groups excluding carboxylic acids is 2. The van der Waals surface area contributed by atoms with E-state index in [9.17, 15) is 14.4 Å². The van der Waals surface area contributed by atoms with Crippen LogP contribution >= 0.6 is 0 Å². The fourth-order valence-corrected chi connectivity index (χ4v) is 2.32. The Bertz CT molecular complexity index is 517. The van der Waals surface area contributed by atoms with Gasteiger partial charge in [-0.1, -0.05) is 31.2 Å². The summed E-state index contributed by atoms with van der Waals surface area (Å²) in [7, 11) is 0. The number of hydrogen-bond donors (Lipinski definition) is 1. The molecule has 1 aliphatic rings. The Kier molecular flexibility index (Phi) is 4.17. The highest BCUT2D eigenvalue weighted by atomic mass is 16.4. The van der Waals surface area contributed by atoms with E-state index in [4.69, 9.17) is 5.11 Å². The van der Waals surface area contributed by atoms with E-state index in [-0.39, 0.29) is 30.7 Å². The quantitative estimate of drug-likeness (QED) is 0.847. The van der Waals surface area contributed by atoms with Crippen LogP contribution in [0.2, 0.25) is 0 Å². The van der Waals surface area contributed by atoms with Crippen LogP contribution in [0.25, 0.3) is 0 Å². The summed E-state index contributed by atoms with van der Waals surface area (Å²) in [5.74, 6) is -1.04. The topological polar surface area (TPSA) is 74.7 Å². The van der Waals surface area contributed by atoms with Gasteiger partial charge in [0.15, 0.2) is 0 Å². The van der Waals surface area contributed by atoms with E-state index >= 15 is 0 Å². The molecule has 0 saturated carbocycles. The lowest BCUT2D eigenvalue weighted by atomic mass is 9.97. The molecule has 1 aromatic carbocycles. The van der Waals surface area contributed by atoms with Crippen LogP contribution in [-0.2, 0) is 27.3 Å². The summed E-state index contributed by atoms with van der Waals surface area (Å²) in [5, 5.41) is 8.69. The van der Waals surface area contributed by atoms with Crippen LogP contribution in [0.4, 0.5) is 0 Å². The number of piperidine rings is 1. The minimum Gasteiger partial charge on any atom is -0.481 e. The Hall–Kier alpha value is -2.17. The fourth-order valence-electron chi connectivity index (χ4n) is 2.32. The molecule has 1 N–H and O–H groups in total. The Morgan fingerprint density at radius 1 is 1.15 bits per heavy atom. The highest BCUT2D eigenvalue weighted by Gasteiger charge is 2.30. The lowest BCUT2D eigenvalue weighted by Crippen LogP contribution is -2.42. The van der Waals surface area contributed by atoms with Gasteiger partial charge in [0, 0.05) is 12.8 Å². The number of carbonyl (C=O) groups is 3. The number of amides is 2. The third kappa shape index (κ3) is 3.44. The van der Waals surface area contributed by atoms with E-state index in [0.717, 1.165) is 5.56 Å². The van der Waals surface area contributed by atoms with Crippen molar-refractivity contribution in [1.29, 1.82) is 0 Å². The summed E-state index contributed by atoms with van der Waals surface area (Å²) in [6.45, 7) is 2.16. The van der Waals surface area contributed by atoms with Crippen molar-refractivity contribution >= 4 is 17.8 Å². The normalized spacial score (nSPS) is 16.6. The van der Waals surface area contributed by atoms with Crippen molar-refractivity contribution in [2.24, 2.45) is 5.92 Å². The first-order valence-electron chi connectivity index (χ1n) is 6.58. The van der Waals surface area contributed by atoms with Crippen molar-refractivity contribution in [1.82, 2.24) is 4.90 Å². The summed E-state index contributed by atoms with van der Waals surface area (Å²) >= 11 is 0. The molecule has 1 fully saturated rings. The molecular weight excluding hydrogens is 258 g/mol. The van der Waals surface area contributed by atoms with Crippen LogP contribution in [-0.4, -0.2) is 27.8 Å². The van der Waals surface area contributed by atoms with Crippen molar-refractivity contribution in [3.05, 3.63) is 35.4 Å². The van der Waals surface area contributed by atoms with Crippen LogP contribution in [0.15, 0.2) is 24.3 Å². The molecule has 0 aromatic heterocycles. The van der Waals surface area contributed by atoms with Crippen LogP contribution in [0, 0.1) is 5.92 Å². The molecule has 5 nitrogen and oxygen atoms in total. The van der Waals surface area contributed by atoms with E-state index in [0.29, 0.717) is 18.4 Å². The summed E-state index contributed by atoms with van der Waals surface area (Å²) < 4.78 is 0. The first kappa shape index (κ1) is 14.2. The first-order chi connectivity index (χ1) is 9.45. The number of nitrogens with zero attached hydrogens (tertiary/aromatic N) is 1. The maximum absolute atomic E-state index is 11.9. The summed E-state index contributed by atoms with van der Waals surface area (Å²) in [6.07, 6.45) is 0.783. The van der Waals surface area contributed by atoms with Gasteiger partial charge in [-0.05, 0) is 17.0 Å². The van der Waals surface area contributed by atoms with Gasteiger partial charge in [0.2, 0.25) is 11.8 Å². The standard InChI is InChI=1S/C15H17NO4/c1-10-6-13(17)16(14(18)7-10)9-12-4-2-11(3-5-12)8-15(19)20/h2-5,10H,6-9H2,1H3,(H,19,20). The van der Waals surface area contributed by atoms with Crippen molar-refractivity contribution in [2.75, 3.05) is 0 Å². The highest BCUT2D eigenvalue weighted by molar-refractivity contribution is 5.97. The Morgan fingerprint density at radius 2 is 1.65 bits per heavy atom. The molecule has 20 heavy (non-hydrogen) atoms. The van der Waals surface area contributed by atoms with Crippen LogP contribution in [0.3, 0.4) is 0 Å². The van der Waals surface area contributed by atoms with Gasteiger partial charge in [-0.25, -0.2) is 0 Å².